The molecule has 0 aromatic heterocycles. The van der Waals surface area contributed by atoms with Crippen LogP contribution in [0.5, 0.6) is 0 Å². The van der Waals surface area contributed by atoms with Crippen molar-refractivity contribution in [3.8, 4) is 0 Å². The summed E-state index contributed by atoms with van der Waals surface area (Å²) < 4.78 is 13.4. The van der Waals surface area contributed by atoms with Gasteiger partial charge in [0, 0.05) is 17.6 Å². The lowest BCUT2D eigenvalue weighted by Crippen LogP contribution is -2.34. The Kier molecular flexibility index (Phi) is 5.42. The molecule has 4 nitrogen and oxygen atoms in total. The molecule has 0 N–H and O–H groups in total. The molecule has 0 atom stereocenters. The molecule has 0 unspecified atom stereocenters. The van der Waals surface area contributed by atoms with Crippen LogP contribution in [-0.4, -0.2) is 18.9 Å². The molecule has 0 bridgehead atoms. The van der Waals surface area contributed by atoms with Crippen LogP contribution in [0.1, 0.15) is 5.56 Å². The maximum absolute atomic E-state index is 13.4. The van der Waals surface area contributed by atoms with Crippen molar-refractivity contribution < 1.29 is 14.0 Å². The highest BCUT2D eigenvalue weighted by Crippen LogP contribution is 2.39. The van der Waals surface area contributed by atoms with Crippen molar-refractivity contribution in [3.05, 3.63) is 101 Å². The van der Waals surface area contributed by atoms with Gasteiger partial charge in [-0.1, -0.05) is 47.7 Å². The van der Waals surface area contributed by atoms with E-state index < -0.39 is 17.6 Å². The fraction of sp³-hybridized carbons (Fsp3) is 0.0833. The molecule has 0 saturated carbocycles. The van der Waals surface area contributed by atoms with Crippen molar-refractivity contribution in [1.29, 1.82) is 0 Å². The summed E-state index contributed by atoms with van der Waals surface area (Å²) in [5, 5.41) is 0. The zero-order valence-electron chi connectivity index (χ0n) is 16.5. The zero-order chi connectivity index (χ0) is 21.3. The molecule has 1 aliphatic rings. The molecule has 4 rings (SSSR count). The van der Waals surface area contributed by atoms with Crippen LogP contribution in [0, 0.1) is 12.7 Å². The third-order valence-electron chi connectivity index (χ3n) is 4.82. The van der Waals surface area contributed by atoms with Gasteiger partial charge in [0.15, 0.2) is 0 Å². The van der Waals surface area contributed by atoms with Crippen molar-refractivity contribution in [2.24, 2.45) is 0 Å². The highest BCUT2D eigenvalue weighted by atomic mass is 32.2. The van der Waals surface area contributed by atoms with Crippen molar-refractivity contribution in [2.75, 3.05) is 16.8 Å². The van der Waals surface area contributed by atoms with E-state index in [2.05, 4.69) is 0 Å². The van der Waals surface area contributed by atoms with Crippen molar-refractivity contribution in [2.45, 2.75) is 11.8 Å². The Hall–Kier alpha value is -3.38. The largest absolute Gasteiger partial charge is 0.339 e. The van der Waals surface area contributed by atoms with E-state index in [1.165, 1.54) is 36.0 Å². The van der Waals surface area contributed by atoms with Crippen LogP contribution in [0.2, 0.25) is 0 Å². The minimum absolute atomic E-state index is 0.293. The van der Waals surface area contributed by atoms with Crippen LogP contribution >= 0.6 is 11.8 Å². The predicted molar refractivity (Wildman–Crippen MR) is 118 cm³/mol. The molecule has 150 valence electrons. The predicted octanol–water partition coefficient (Wildman–Crippen LogP) is 5.15. The van der Waals surface area contributed by atoms with Gasteiger partial charge >= 0.3 is 0 Å². The second-order valence-corrected chi connectivity index (χ2v) is 7.99. The van der Waals surface area contributed by atoms with Gasteiger partial charge in [-0.2, -0.15) is 0 Å². The first kappa shape index (κ1) is 19.9. The maximum Gasteiger partial charge on any atom is 0.283 e. The Morgan fingerprint density at radius 2 is 1.47 bits per heavy atom. The van der Waals surface area contributed by atoms with E-state index in [0.29, 0.717) is 16.3 Å². The second kappa shape index (κ2) is 8.16. The van der Waals surface area contributed by atoms with Crippen molar-refractivity contribution in [1.82, 2.24) is 0 Å². The number of rotatable bonds is 5. The number of amides is 2. The number of anilines is 2. The number of hydrogen-bond acceptors (Lipinski definition) is 4. The molecule has 0 saturated heterocycles. The molecular formula is C24H19FN2O2S. The van der Waals surface area contributed by atoms with Gasteiger partial charge in [0.2, 0.25) is 0 Å². The van der Waals surface area contributed by atoms with E-state index >= 15 is 0 Å². The number of halogens is 1. The average Bonchev–Trinajstić information content (AvgIpc) is 3.00. The minimum atomic E-state index is -0.437. The number of thioether (sulfide) groups is 1. The highest BCUT2D eigenvalue weighted by Gasteiger charge is 2.42. The van der Waals surface area contributed by atoms with Crippen LogP contribution in [0.3, 0.4) is 0 Å². The summed E-state index contributed by atoms with van der Waals surface area (Å²) in [5.74, 6) is -1.29. The number of para-hydroxylation sites is 1. The second-order valence-electron chi connectivity index (χ2n) is 6.91. The lowest BCUT2D eigenvalue weighted by Gasteiger charge is -2.21. The van der Waals surface area contributed by atoms with Gasteiger partial charge in [-0.05, 0) is 55.5 Å². The number of hydrogen-bond donors (Lipinski definition) is 0. The van der Waals surface area contributed by atoms with Gasteiger partial charge < -0.3 is 4.90 Å². The van der Waals surface area contributed by atoms with Gasteiger partial charge in [0.05, 0.1) is 5.69 Å². The number of carbonyl (C=O) groups is 2. The fourth-order valence-electron chi connectivity index (χ4n) is 3.22. The first-order chi connectivity index (χ1) is 14.5. The molecule has 0 radical (unpaired) electrons. The van der Waals surface area contributed by atoms with E-state index in [1.54, 1.807) is 11.9 Å². The molecule has 0 aliphatic carbocycles. The molecule has 30 heavy (non-hydrogen) atoms. The van der Waals surface area contributed by atoms with Crippen LogP contribution < -0.4 is 9.80 Å². The summed E-state index contributed by atoms with van der Waals surface area (Å²) in [4.78, 5) is 30.7. The Bertz CT molecular complexity index is 1130. The summed E-state index contributed by atoms with van der Waals surface area (Å²) in [7, 11) is 1.76. The third kappa shape index (κ3) is 3.74. The number of nitrogens with zero attached hydrogens (tertiary/aromatic N) is 2. The van der Waals surface area contributed by atoms with Crippen molar-refractivity contribution in [3.63, 3.8) is 0 Å². The van der Waals surface area contributed by atoms with Gasteiger partial charge in [0.25, 0.3) is 11.8 Å². The Labute approximate surface area is 178 Å². The van der Waals surface area contributed by atoms with Gasteiger partial charge in [0.1, 0.15) is 16.4 Å². The van der Waals surface area contributed by atoms with E-state index in [-0.39, 0.29) is 0 Å². The summed E-state index contributed by atoms with van der Waals surface area (Å²) in [5.41, 5.74) is 2.53. The lowest BCUT2D eigenvalue weighted by molar-refractivity contribution is -0.120. The smallest absolute Gasteiger partial charge is 0.283 e. The zero-order valence-corrected chi connectivity index (χ0v) is 17.3. The number of aryl methyl sites for hydroxylation is 1. The van der Waals surface area contributed by atoms with E-state index in [1.807, 2.05) is 61.5 Å². The van der Waals surface area contributed by atoms with E-state index in [9.17, 15) is 14.0 Å². The molecule has 3 aromatic carbocycles. The molecule has 0 fully saturated rings. The molecule has 1 heterocycles. The highest BCUT2D eigenvalue weighted by molar-refractivity contribution is 8.04. The summed E-state index contributed by atoms with van der Waals surface area (Å²) in [6.07, 6.45) is 0. The molecular weight excluding hydrogens is 399 g/mol. The Morgan fingerprint density at radius 3 is 2.10 bits per heavy atom. The molecule has 1 aliphatic heterocycles. The normalized spacial score (nSPS) is 13.9. The standard InChI is InChI=1S/C24H19FN2O2S/c1-16-8-14-20(15-9-16)30-22-21(26(2)18-6-4-3-5-7-18)23(28)27(24(22)29)19-12-10-17(25)11-13-19/h3-15H,1-2H3. The number of likely N-dealkylation sites (N-methyl/N-ethyl adjacent to an activating group) is 1. The van der Waals surface area contributed by atoms with Crippen LogP contribution in [0.4, 0.5) is 15.8 Å². The van der Waals surface area contributed by atoms with Gasteiger partial charge in [-0.15, -0.1) is 0 Å². The van der Waals surface area contributed by atoms with Gasteiger partial charge in [-0.25, -0.2) is 9.29 Å². The number of carbonyl (C=O) groups excluding carboxylic acids is 2. The molecule has 6 heteroatoms. The maximum atomic E-state index is 13.4. The SMILES string of the molecule is Cc1ccc(SC2=C(N(C)c3ccccc3)C(=O)N(c3ccc(F)cc3)C2=O)cc1. The van der Waals surface area contributed by atoms with Crippen LogP contribution in [0.25, 0.3) is 0 Å². The molecule has 2 amide bonds. The lowest BCUT2D eigenvalue weighted by atomic mass is 10.2. The minimum Gasteiger partial charge on any atom is -0.339 e. The third-order valence-corrected chi connectivity index (χ3v) is 5.90. The Morgan fingerprint density at radius 1 is 0.833 bits per heavy atom. The van der Waals surface area contributed by atoms with Crippen LogP contribution in [-0.2, 0) is 9.59 Å². The monoisotopic (exact) mass is 418 g/mol. The number of benzene rings is 3. The topological polar surface area (TPSA) is 40.6 Å². The van der Waals surface area contributed by atoms with E-state index in [0.717, 1.165) is 21.0 Å². The molecule has 0 spiro atoms. The quantitative estimate of drug-likeness (QED) is 0.538. The molecule has 3 aromatic rings. The average molecular weight is 418 g/mol. The summed E-state index contributed by atoms with van der Waals surface area (Å²) in [6, 6.07) is 22.5. The first-order valence-corrected chi connectivity index (χ1v) is 10.2. The van der Waals surface area contributed by atoms with E-state index in [4.69, 9.17) is 0 Å². The number of imide groups is 1. The van der Waals surface area contributed by atoms with Crippen LogP contribution in [0.15, 0.2) is 94.4 Å². The fourth-order valence-corrected chi connectivity index (χ4v) is 4.22. The van der Waals surface area contributed by atoms with Gasteiger partial charge in [-0.3, -0.25) is 9.59 Å². The Balaban J connectivity index is 1.78. The summed E-state index contributed by atoms with van der Waals surface area (Å²) >= 11 is 1.26. The first-order valence-electron chi connectivity index (χ1n) is 9.37. The van der Waals surface area contributed by atoms with Crippen molar-refractivity contribution >= 4 is 35.0 Å². The summed E-state index contributed by atoms with van der Waals surface area (Å²) in [6.45, 7) is 1.99.